The second-order valence-electron chi connectivity index (χ2n) is 5.43. The third-order valence-electron chi connectivity index (χ3n) is 3.86. The van der Waals surface area contributed by atoms with Crippen LogP contribution in [-0.4, -0.2) is 4.98 Å². The molecule has 0 bridgehead atoms. The quantitative estimate of drug-likeness (QED) is 0.462. The summed E-state index contributed by atoms with van der Waals surface area (Å²) in [5.41, 5.74) is 5.44. The number of aromatic amines is 1. The Morgan fingerprint density at radius 2 is 1.39 bits per heavy atom. The molecule has 0 aliphatic heterocycles. The zero-order valence-corrected chi connectivity index (χ0v) is 12.6. The first-order chi connectivity index (χ1) is 11.4. The lowest BCUT2D eigenvalue weighted by Gasteiger charge is -2.01. The number of hydrogen-bond acceptors (Lipinski definition) is 0. The van der Waals surface area contributed by atoms with Crippen LogP contribution < -0.4 is 0 Å². The molecule has 1 heteroatoms. The first kappa shape index (κ1) is 13.4. The first-order valence-corrected chi connectivity index (χ1v) is 7.64. The second kappa shape index (κ2) is 5.87. The zero-order valence-electron chi connectivity index (χ0n) is 12.6. The van der Waals surface area contributed by atoms with Crippen molar-refractivity contribution in [3.8, 4) is 23.1 Å². The molecule has 4 aromatic rings. The summed E-state index contributed by atoms with van der Waals surface area (Å²) in [7, 11) is 0. The van der Waals surface area contributed by atoms with Crippen LogP contribution in [0.2, 0.25) is 0 Å². The molecule has 23 heavy (non-hydrogen) atoms. The fourth-order valence-electron chi connectivity index (χ4n) is 2.71. The topological polar surface area (TPSA) is 15.8 Å². The van der Waals surface area contributed by atoms with Crippen LogP contribution in [0.5, 0.6) is 0 Å². The zero-order chi connectivity index (χ0) is 15.5. The summed E-state index contributed by atoms with van der Waals surface area (Å²) in [5.74, 6) is 6.54. The monoisotopic (exact) mass is 293 g/mol. The van der Waals surface area contributed by atoms with E-state index in [4.69, 9.17) is 0 Å². The molecule has 0 atom stereocenters. The minimum atomic E-state index is 1.03. The number of aromatic nitrogens is 1. The van der Waals surface area contributed by atoms with Crippen molar-refractivity contribution >= 4 is 10.9 Å². The molecule has 4 rings (SSSR count). The minimum absolute atomic E-state index is 1.03. The lowest BCUT2D eigenvalue weighted by molar-refractivity contribution is 1.44. The van der Waals surface area contributed by atoms with Gasteiger partial charge in [0, 0.05) is 33.3 Å². The largest absolute Gasteiger partial charge is 0.354 e. The van der Waals surface area contributed by atoms with Gasteiger partial charge in [-0.25, -0.2) is 0 Å². The van der Waals surface area contributed by atoms with Crippen molar-refractivity contribution in [1.82, 2.24) is 4.98 Å². The van der Waals surface area contributed by atoms with Crippen LogP contribution in [0, 0.1) is 11.8 Å². The van der Waals surface area contributed by atoms with Crippen molar-refractivity contribution in [2.45, 2.75) is 0 Å². The molecule has 0 spiro atoms. The van der Waals surface area contributed by atoms with E-state index in [-0.39, 0.29) is 0 Å². The van der Waals surface area contributed by atoms with E-state index in [2.05, 4.69) is 59.3 Å². The van der Waals surface area contributed by atoms with Crippen molar-refractivity contribution in [2.75, 3.05) is 0 Å². The van der Waals surface area contributed by atoms with Crippen molar-refractivity contribution < 1.29 is 0 Å². The van der Waals surface area contributed by atoms with Crippen LogP contribution in [0.25, 0.3) is 22.2 Å². The predicted octanol–water partition coefficient (Wildman–Crippen LogP) is 5.23. The maximum Gasteiger partial charge on any atom is 0.0477 e. The van der Waals surface area contributed by atoms with E-state index in [0.29, 0.717) is 0 Å². The van der Waals surface area contributed by atoms with E-state index in [0.717, 1.165) is 27.9 Å². The molecule has 108 valence electrons. The Morgan fingerprint density at radius 3 is 2.26 bits per heavy atom. The summed E-state index contributed by atoms with van der Waals surface area (Å²) in [6, 6.07) is 28.8. The Morgan fingerprint density at radius 1 is 0.652 bits per heavy atom. The van der Waals surface area contributed by atoms with Crippen molar-refractivity contribution in [3.63, 3.8) is 0 Å². The molecule has 0 saturated carbocycles. The number of nitrogens with one attached hydrogen (secondary N) is 1. The van der Waals surface area contributed by atoms with Crippen LogP contribution in [-0.2, 0) is 0 Å². The number of hydrogen-bond donors (Lipinski definition) is 1. The number of para-hydroxylation sites is 1. The normalized spacial score (nSPS) is 10.3. The lowest BCUT2D eigenvalue weighted by Crippen LogP contribution is -1.84. The molecule has 0 radical (unpaired) electrons. The molecule has 0 aliphatic carbocycles. The SMILES string of the molecule is C(#Cc1ccccc1-c1cc2ccccc2[nH]1)c1ccccc1. The highest BCUT2D eigenvalue weighted by molar-refractivity contribution is 5.87. The Balaban J connectivity index is 1.80. The van der Waals surface area contributed by atoms with Gasteiger partial charge < -0.3 is 4.98 Å². The Kier molecular flexibility index (Phi) is 3.42. The van der Waals surface area contributed by atoms with E-state index in [1.807, 2.05) is 42.5 Å². The Bertz CT molecular complexity index is 981. The fourth-order valence-corrected chi connectivity index (χ4v) is 2.71. The average molecular weight is 293 g/mol. The van der Waals surface area contributed by atoms with Crippen molar-refractivity contribution in [3.05, 3.63) is 96.1 Å². The van der Waals surface area contributed by atoms with Crippen LogP contribution in [0.4, 0.5) is 0 Å². The maximum atomic E-state index is 3.48. The molecule has 0 fully saturated rings. The molecule has 1 N–H and O–H groups in total. The molecular formula is C22H15N. The molecule has 1 aromatic heterocycles. The van der Waals surface area contributed by atoms with Gasteiger partial charge in [0.05, 0.1) is 0 Å². The summed E-state index contributed by atoms with van der Waals surface area (Å²) in [5, 5.41) is 1.22. The number of rotatable bonds is 1. The van der Waals surface area contributed by atoms with Gasteiger partial charge in [0.15, 0.2) is 0 Å². The van der Waals surface area contributed by atoms with Gasteiger partial charge in [-0.3, -0.25) is 0 Å². The number of fused-ring (bicyclic) bond motifs is 1. The van der Waals surface area contributed by atoms with Gasteiger partial charge in [0.25, 0.3) is 0 Å². The maximum absolute atomic E-state index is 3.48. The first-order valence-electron chi connectivity index (χ1n) is 7.64. The standard InChI is InChI=1S/C22H15N/c1-2-8-17(9-3-1)14-15-18-10-4-6-12-20(18)22-16-19-11-5-7-13-21(19)23-22/h1-13,16,23H. The van der Waals surface area contributed by atoms with Gasteiger partial charge in [-0.1, -0.05) is 66.4 Å². The molecule has 0 saturated heterocycles. The minimum Gasteiger partial charge on any atom is -0.354 e. The van der Waals surface area contributed by atoms with E-state index in [1.165, 1.54) is 5.39 Å². The molecule has 1 nitrogen and oxygen atoms in total. The van der Waals surface area contributed by atoms with E-state index in [1.54, 1.807) is 0 Å². The third kappa shape index (κ3) is 2.75. The molecule has 3 aromatic carbocycles. The van der Waals surface area contributed by atoms with Crippen LogP contribution >= 0.6 is 0 Å². The Labute approximate surface area is 135 Å². The highest BCUT2D eigenvalue weighted by Gasteiger charge is 2.06. The molecule has 0 aliphatic rings. The molecule has 1 heterocycles. The smallest absolute Gasteiger partial charge is 0.0477 e. The van der Waals surface area contributed by atoms with Crippen LogP contribution in [0.15, 0.2) is 84.9 Å². The van der Waals surface area contributed by atoms with Crippen molar-refractivity contribution in [1.29, 1.82) is 0 Å². The average Bonchev–Trinajstić information content (AvgIpc) is 3.05. The predicted molar refractivity (Wildman–Crippen MR) is 96.2 cm³/mol. The van der Waals surface area contributed by atoms with Gasteiger partial charge >= 0.3 is 0 Å². The summed E-state index contributed by atoms with van der Waals surface area (Å²) < 4.78 is 0. The Hall–Kier alpha value is -3.24. The highest BCUT2D eigenvalue weighted by atomic mass is 14.7. The molecule has 0 unspecified atom stereocenters. The van der Waals surface area contributed by atoms with E-state index < -0.39 is 0 Å². The number of H-pyrrole nitrogens is 1. The summed E-state index contributed by atoms with van der Waals surface area (Å²) in [6.45, 7) is 0. The second-order valence-corrected chi connectivity index (χ2v) is 5.43. The summed E-state index contributed by atoms with van der Waals surface area (Å²) in [4.78, 5) is 3.48. The van der Waals surface area contributed by atoms with Gasteiger partial charge in [0.2, 0.25) is 0 Å². The van der Waals surface area contributed by atoms with Gasteiger partial charge in [-0.15, -0.1) is 0 Å². The van der Waals surface area contributed by atoms with Crippen LogP contribution in [0.1, 0.15) is 11.1 Å². The molecular weight excluding hydrogens is 278 g/mol. The van der Waals surface area contributed by atoms with Gasteiger partial charge in [-0.05, 0) is 30.3 Å². The number of benzene rings is 3. The van der Waals surface area contributed by atoms with E-state index in [9.17, 15) is 0 Å². The third-order valence-corrected chi connectivity index (χ3v) is 3.86. The molecule has 0 amide bonds. The van der Waals surface area contributed by atoms with Gasteiger partial charge in [-0.2, -0.15) is 0 Å². The van der Waals surface area contributed by atoms with Gasteiger partial charge in [0.1, 0.15) is 0 Å². The highest BCUT2D eigenvalue weighted by Crippen LogP contribution is 2.26. The van der Waals surface area contributed by atoms with Crippen molar-refractivity contribution in [2.24, 2.45) is 0 Å². The fraction of sp³-hybridized carbons (Fsp3) is 0. The summed E-state index contributed by atoms with van der Waals surface area (Å²) in [6.07, 6.45) is 0. The van der Waals surface area contributed by atoms with Crippen LogP contribution in [0.3, 0.4) is 0 Å². The summed E-state index contributed by atoms with van der Waals surface area (Å²) >= 11 is 0. The van der Waals surface area contributed by atoms with E-state index >= 15 is 0 Å². The lowest BCUT2D eigenvalue weighted by atomic mass is 10.0.